The second kappa shape index (κ2) is 6.04. The highest BCUT2D eigenvalue weighted by molar-refractivity contribution is 7.11. The van der Waals surface area contributed by atoms with E-state index in [2.05, 4.69) is 31.3 Å². The molecule has 0 radical (unpaired) electrons. The summed E-state index contributed by atoms with van der Waals surface area (Å²) in [6.45, 7) is 4.75. The molecule has 0 aliphatic rings. The molecule has 1 unspecified atom stereocenters. The molecule has 102 valence electrons. The topological polar surface area (TPSA) is 62.5 Å². The molecule has 0 aliphatic heterocycles. The van der Waals surface area contributed by atoms with Crippen molar-refractivity contribution in [1.29, 1.82) is 0 Å². The fourth-order valence-electron chi connectivity index (χ4n) is 1.83. The van der Waals surface area contributed by atoms with Crippen LogP contribution in [0.5, 0.6) is 0 Å². The summed E-state index contributed by atoms with van der Waals surface area (Å²) in [6, 6.07) is 7.76. The Balaban J connectivity index is 1.82. The monoisotopic (exact) mass is 279 g/mol. The van der Waals surface area contributed by atoms with Gasteiger partial charge in [-0.15, -0.1) is 11.3 Å². The third-order valence-electron chi connectivity index (χ3n) is 2.80. The van der Waals surface area contributed by atoms with Crippen LogP contribution in [0.1, 0.15) is 33.0 Å². The van der Waals surface area contributed by atoms with Gasteiger partial charge in [-0.25, -0.2) is 4.79 Å². The molecule has 0 aliphatic carbocycles. The summed E-state index contributed by atoms with van der Waals surface area (Å²) in [4.78, 5) is 13.4. The zero-order valence-electron chi connectivity index (χ0n) is 11.0. The number of thiophene rings is 1. The zero-order valence-corrected chi connectivity index (χ0v) is 11.8. The lowest BCUT2D eigenvalue weighted by atomic mass is 10.2. The second-order valence-corrected chi connectivity index (χ2v) is 5.94. The van der Waals surface area contributed by atoms with Crippen molar-refractivity contribution in [2.75, 3.05) is 0 Å². The van der Waals surface area contributed by atoms with Crippen molar-refractivity contribution in [2.24, 2.45) is 0 Å². The standard InChI is InChI=1S/C14H17NO3S/c1-9(7-12-5-3-10(2)19-12)15-8-11-4-6-13(18-11)14(16)17/h3-6,9,15H,7-8H2,1-2H3,(H,16,17). The predicted octanol–water partition coefficient (Wildman–Crippen LogP) is 3.07. The van der Waals surface area contributed by atoms with Gasteiger partial charge < -0.3 is 14.8 Å². The largest absolute Gasteiger partial charge is 0.475 e. The average Bonchev–Trinajstić information content (AvgIpc) is 2.96. The maximum atomic E-state index is 10.7. The lowest BCUT2D eigenvalue weighted by Crippen LogP contribution is -2.27. The van der Waals surface area contributed by atoms with Gasteiger partial charge in [0.2, 0.25) is 5.76 Å². The van der Waals surface area contributed by atoms with Crippen LogP contribution in [-0.4, -0.2) is 17.1 Å². The Morgan fingerprint density at radius 3 is 2.79 bits per heavy atom. The minimum Gasteiger partial charge on any atom is -0.475 e. The number of carbonyl (C=O) groups is 1. The molecule has 2 rings (SSSR count). The van der Waals surface area contributed by atoms with E-state index in [9.17, 15) is 4.79 Å². The summed E-state index contributed by atoms with van der Waals surface area (Å²) in [6.07, 6.45) is 0.963. The van der Waals surface area contributed by atoms with Crippen molar-refractivity contribution in [1.82, 2.24) is 5.32 Å². The molecule has 0 saturated carbocycles. The Bertz CT molecular complexity index is 559. The van der Waals surface area contributed by atoms with E-state index in [1.807, 2.05) is 0 Å². The van der Waals surface area contributed by atoms with E-state index in [0.717, 1.165) is 6.42 Å². The number of hydrogen-bond donors (Lipinski definition) is 2. The van der Waals surface area contributed by atoms with E-state index in [-0.39, 0.29) is 5.76 Å². The predicted molar refractivity (Wildman–Crippen MR) is 74.7 cm³/mol. The molecule has 1 atom stereocenters. The van der Waals surface area contributed by atoms with Crippen LogP contribution in [0.3, 0.4) is 0 Å². The molecular weight excluding hydrogens is 262 g/mol. The van der Waals surface area contributed by atoms with Crippen LogP contribution in [0.4, 0.5) is 0 Å². The third kappa shape index (κ3) is 3.94. The van der Waals surface area contributed by atoms with Crippen LogP contribution in [0.25, 0.3) is 0 Å². The minimum absolute atomic E-state index is 0.0154. The lowest BCUT2D eigenvalue weighted by molar-refractivity contribution is 0.0660. The molecule has 0 fully saturated rings. The van der Waals surface area contributed by atoms with Crippen molar-refractivity contribution in [3.8, 4) is 0 Å². The molecule has 19 heavy (non-hydrogen) atoms. The van der Waals surface area contributed by atoms with Gasteiger partial charge in [-0.2, -0.15) is 0 Å². The Hall–Kier alpha value is -1.59. The SMILES string of the molecule is Cc1ccc(CC(C)NCc2ccc(C(=O)O)o2)s1. The molecule has 0 saturated heterocycles. The number of carboxylic acids is 1. The van der Waals surface area contributed by atoms with Gasteiger partial charge in [-0.3, -0.25) is 0 Å². The molecule has 0 spiro atoms. The quantitative estimate of drug-likeness (QED) is 0.853. The summed E-state index contributed by atoms with van der Waals surface area (Å²) in [5.41, 5.74) is 0. The first-order chi connectivity index (χ1) is 9.04. The van der Waals surface area contributed by atoms with Gasteiger partial charge in [-0.1, -0.05) is 0 Å². The first kappa shape index (κ1) is 13.8. The normalized spacial score (nSPS) is 12.5. The van der Waals surface area contributed by atoms with Gasteiger partial charge >= 0.3 is 5.97 Å². The van der Waals surface area contributed by atoms with E-state index < -0.39 is 5.97 Å². The molecule has 2 N–H and O–H groups in total. The van der Waals surface area contributed by atoms with E-state index in [4.69, 9.17) is 9.52 Å². The summed E-state index contributed by atoms with van der Waals surface area (Å²) in [5.74, 6) is -0.404. The van der Waals surface area contributed by atoms with Crippen molar-refractivity contribution in [3.05, 3.63) is 45.5 Å². The summed E-state index contributed by atoms with van der Waals surface area (Å²) < 4.78 is 5.19. The zero-order chi connectivity index (χ0) is 13.8. The van der Waals surface area contributed by atoms with Crippen LogP contribution >= 0.6 is 11.3 Å². The molecule has 0 amide bonds. The smallest absolute Gasteiger partial charge is 0.371 e. The number of furan rings is 1. The van der Waals surface area contributed by atoms with Crippen LogP contribution in [0.2, 0.25) is 0 Å². The van der Waals surface area contributed by atoms with Gasteiger partial charge in [-0.05, 0) is 44.5 Å². The molecule has 2 heterocycles. The van der Waals surface area contributed by atoms with Crippen LogP contribution < -0.4 is 5.32 Å². The molecular formula is C14H17NO3S. The summed E-state index contributed by atoms with van der Waals surface area (Å²) in [7, 11) is 0. The fourth-order valence-corrected chi connectivity index (χ4v) is 2.85. The van der Waals surface area contributed by atoms with Crippen molar-refractivity contribution in [3.63, 3.8) is 0 Å². The Morgan fingerprint density at radius 2 is 2.21 bits per heavy atom. The maximum absolute atomic E-state index is 10.7. The van der Waals surface area contributed by atoms with Crippen LogP contribution in [-0.2, 0) is 13.0 Å². The Morgan fingerprint density at radius 1 is 1.42 bits per heavy atom. The number of carboxylic acid groups (broad SMARTS) is 1. The molecule has 0 bridgehead atoms. The van der Waals surface area contributed by atoms with Gasteiger partial charge in [0.05, 0.1) is 6.54 Å². The summed E-state index contributed by atoms with van der Waals surface area (Å²) >= 11 is 1.80. The number of nitrogens with one attached hydrogen (secondary N) is 1. The van der Waals surface area contributed by atoms with Gasteiger partial charge in [0.15, 0.2) is 0 Å². The van der Waals surface area contributed by atoms with Crippen molar-refractivity contribution < 1.29 is 14.3 Å². The highest BCUT2D eigenvalue weighted by Gasteiger charge is 2.10. The van der Waals surface area contributed by atoms with Crippen molar-refractivity contribution in [2.45, 2.75) is 32.9 Å². The van der Waals surface area contributed by atoms with E-state index >= 15 is 0 Å². The molecule has 4 nitrogen and oxygen atoms in total. The Labute approximate surface area is 116 Å². The van der Waals surface area contributed by atoms with Crippen LogP contribution in [0.15, 0.2) is 28.7 Å². The van der Waals surface area contributed by atoms with Gasteiger partial charge in [0, 0.05) is 15.8 Å². The average molecular weight is 279 g/mol. The molecule has 2 aromatic rings. The first-order valence-corrected chi connectivity index (χ1v) is 6.97. The van der Waals surface area contributed by atoms with E-state index in [1.165, 1.54) is 15.8 Å². The van der Waals surface area contributed by atoms with E-state index in [0.29, 0.717) is 18.3 Å². The second-order valence-electron chi connectivity index (χ2n) is 4.57. The highest BCUT2D eigenvalue weighted by Crippen LogP contribution is 2.17. The molecule has 2 aromatic heterocycles. The van der Waals surface area contributed by atoms with Gasteiger partial charge in [0.25, 0.3) is 0 Å². The number of hydrogen-bond acceptors (Lipinski definition) is 4. The maximum Gasteiger partial charge on any atom is 0.371 e. The number of aromatic carboxylic acids is 1. The first-order valence-electron chi connectivity index (χ1n) is 6.15. The van der Waals surface area contributed by atoms with Crippen molar-refractivity contribution >= 4 is 17.3 Å². The minimum atomic E-state index is -1.03. The molecule has 5 heteroatoms. The van der Waals surface area contributed by atoms with Crippen LogP contribution in [0, 0.1) is 6.92 Å². The van der Waals surface area contributed by atoms with Gasteiger partial charge in [0.1, 0.15) is 5.76 Å². The fraction of sp³-hybridized carbons (Fsp3) is 0.357. The third-order valence-corrected chi connectivity index (χ3v) is 3.82. The Kier molecular flexibility index (Phi) is 4.39. The highest BCUT2D eigenvalue weighted by atomic mass is 32.1. The number of aryl methyl sites for hydroxylation is 1. The summed E-state index contributed by atoms with van der Waals surface area (Å²) in [5, 5.41) is 12.1. The number of rotatable bonds is 6. The molecule has 0 aromatic carbocycles. The lowest BCUT2D eigenvalue weighted by Gasteiger charge is -2.11. The van der Waals surface area contributed by atoms with E-state index in [1.54, 1.807) is 17.4 Å².